The van der Waals surface area contributed by atoms with Gasteiger partial charge in [0, 0.05) is 18.8 Å². The van der Waals surface area contributed by atoms with Crippen molar-refractivity contribution in [2.45, 2.75) is 24.1 Å². The molecule has 102 valence electrons. The van der Waals surface area contributed by atoms with Gasteiger partial charge in [0.2, 0.25) is 5.91 Å². The second-order valence-electron chi connectivity index (χ2n) is 3.44. The van der Waals surface area contributed by atoms with Gasteiger partial charge in [0.05, 0.1) is 12.1 Å². The van der Waals surface area contributed by atoms with Gasteiger partial charge in [-0.25, -0.2) is 0 Å². The minimum absolute atomic E-state index is 0. The van der Waals surface area contributed by atoms with Crippen LogP contribution >= 0.6 is 24.2 Å². The molecule has 0 aromatic rings. The lowest BCUT2D eigenvalue weighted by atomic mass is 10.2. The van der Waals surface area contributed by atoms with Crippen LogP contribution in [0.3, 0.4) is 0 Å². The quantitative estimate of drug-likeness (QED) is 0.661. The Labute approximate surface area is 107 Å². The Balaban J connectivity index is 0.00000256. The minimum Gasteiger partial charge on any atom is -0.392 e. The third-order valence-electron chi connectivity index (χ3n) is 2.09. The molecular weight excluding hydrogens is 281 g/mol. The average Bonchev–Trinajstić information content (AvgIpc) is 2.57. The summed E-state index contributed by atoms with van der Waals surface area (Å²) in [5, 5.41) is 14.3. The summed E-state index contributed by atoms with van der Waals surface area (Å²) in [6, 6.07) is -0.495. The van der Waals surface area contributed by atoms with Crippen LogP contribution in [0.15, 0.2) is 0 Å². The zero-order valence-corrected chi connectivity index (χ0v) is 10.4. The number of alkyl halides is 3. The van der Waals surface area contributed by atoms with Gasteiger partial charge in [0.15, 0.2) is 0 Å². The third-order valence-corrected chi connectivity index (χ3v) is 2.83. The van der Waals surface area contributed by atoms with E-state index in [1.54, 1.807) is 0 Å². The minimum atomic E-state index is -4.26. The number of β-amino-alcohol motifs (C(OH)–C–C–N with tert-alkyl or cyclic N) is 1. The van der Waals surface area contributed by atoms with Gasteiger partial charge in [-0.1, -0.05) is 0 Å². The van der Waals surface area contributed by atoms with E-state index in [9.17, 15) is 18.0 Å². The molecule has 0 aromatic carbocycles. The van der Waals surface area contributed by atoms with Crippen molar-refractivity contribution in [1.82, 2.24) is 10.6 Å². The van der Waals surface area contributed by atoms with E-state index in [1.807, 2.05) is 0 Å². The second-order valence-corrected chi connectivity index (χ2v) is 4.60. The Morgan fingerprint density at radius 3 is 2.65 bits per heavy atom. The standard InChI is InChI=1S/C8H13F3N2O2S.ClH/c9-8(10,11)16-2-1-12-7(15)6-3-5(14)4-13-6;/h5-6,13-14H,1-4H2,(H,12,15);1H. The zero-order chi connectivity index (χ0) is 12.2. The van der Waals surface area contributed by atoms with Crippen LogP contribution in [0.1, 0.15) is 6.42 Å². The Morgan fingerprint density at radius 2 is 2.18 bits per heavy atom. The molecule has 0 radical (unpaired) electrons. The molecule has 2 unspecified atom stereocenters. The van der Waals surface area contributed by atoms with Crippen molar-refractivity contribution in [3.63, 3.8) is 0 Å². The number of amides is 1. The SMILES string of the molecule is Cl.O=C(NCCSC(F)(F)F)C1CC(O)CN1. The first-order chi connectivity index (χ1) is 7.38. The highest BCUT2D eigenvalue weighted by Crippen LogP contribution is 2.29. The molecule has 17 heavy (non-hydrogen) atoms. The molecule has 1 rings (SSSR count). The molecule has 0 spiro atoms. The monoisotopic (exact) mass is 294 g/mol. The van der Waals surface area contributed by atoms with E-state index in [0.717, 1.165) is 0 Å². The van der Waals surface area contributed by atoms with Gasteiger partial charge < -0.3 is 15.7 Å². The summed E-state index contributed by atoms with van der Waals surface area (Å²) in [5.41, 5.74) is -4.26. The number of rotatable bonds is 4. The maximum atomic E-state index is 11.7. The van der Waals surface area contributed by atoms with Crippen molar-refractivity contribution in [3.05, 3.63) is 0 Å². The lowest BCUT2D eigenvalue weighted by Gasteiger charge is -2.11. The molecule has 2 atom stereocenters. The number of hydrogen-bond donors (Lipinski definition) is 3. The molecule has 1 amide bonds. The fourth-order valence-electron chi connectivity index (χ4n) is 1.38. The summed E-state index contributed by atoms with van der Waals surface area (Å²) in [6.45, 7) is 0.312. The first-order valence-corrected chi connectivity index (χ1v) is 5.77. The van der Waals surface area contributed by atoms with Crippen molar-refractivity contribution in [2.24, 2.45) is 0 Å². The number of carbonyl (C=O) groups is 1. The Kier molecular flexibility index (Phi) is 7.22. The maximum absolute atomic E-state index is 11.7. The molecular formula is C8H14ClF3N2O2S. The Bertz CT molecular complexity index is 255. The summed E-state index contributed by atoms with van der Waals surface area (Å²) in [4.78, 5) is 11.3. The first kappa shape index (κ1) is 16.8. The van der Waals surface area contributed by atoms with Crippen molar-refractivity contribution in [1.29, 1.82) is 0 Å². The van der Waals surface area contributed by atoms with Crippen molar-refractivity contribution < 1.29 is 23.1 Å². The maximum Gasteiger partial charge on any atom is 0.441 e. The van der Waals surface area contributed by atoms with Crippen molar-refractivity contribution >= 4 is 30.1 Å². The normalized spacial score (nSPS) is 24.2. The molecule has 1 fully saturated rings. The largest absolute Gasteiger partial charge is 0.441 e. The Hall–Kier alpha value is -0.180. The number of aliphatic hydroxyl groups is 1. The predicted octanol–water partition coefficient (Wildman–Crippen LogP) is 0.500. The molecule has 1 heterocycles. The average molecular weight is 295 g/mol. The van der Waals surface area contributed by atoms with E-state index in [0.29, 0.717) is 13.0 Å². The van der Waals surface area contributed by atoms with E-state index in [4.69, 9.17) is 5.11 Å². The number of hydrogen-bond acceptors (Lipinski definition) is 4. The second kappa shape index (κ2) is 7.30. The van der Waals surface area contributed by atoms with Crippen LogP contribution in [-0.2, 0) is 4.79 Å². The van der Waals surface area contributed by atoms with Gasteiger partial charge in [0.1, 0.15) is 0 Å². The lowest BCUT2D eigenvalue weighted by molar-refractivity contribution is -0.122. The van der Waals surface area contributed by atoms with Crippen LogP contribution in [0.25, 0.3) is 0 Å². The Morgan fingerprint density at radius 1 is 1.53 bits per heavy atom. The van der Waals surface area contributed by atoms with Gasteiger partial charge in [-0.05, 0) is 18.2 Å². The van der Waals surface area contributed by atoms with Crippen LogP contribution in [-0.4, -0.2) is 47.5 Å². The number of nitrogens with one attached hydrogen (secondary N) is 2. The van der Waals surface area contributed by atoms with Gasteiger partial charge in [-0.2, -0.15) is 13.2 Å². The zero-order valence-electron chi connectivity index (χ0n) is 8.79. The van der Waals surface area contributed by atoms with E-state index in [-0.39, 0.29) is 42.4 Å². The van der Waals surface area contributed by atoms with E-state index >= 15 is 0 Å². The van der Waals surface area contributed by atoms with Crippen LogP contribution in [0.4, 0.5) is 13.2 Å². The van der Waals surface area contributed by atoms with Crippen LogP contribution in [0.2, 0.25) is 0 Å². The molecule has 1 aliphatic heterocycles. The van der Waals surface area contributed by atoms with Gasteiger partial charge in [-0.15, -0.1) is 12.4 Å². The van der Waals surface area contributed by atoms with Crippen LogP contribution in [0.5, 0.6) is 0 Å². The number of carbonyl (C=O) groups excluding carboxylic acids is 1. The summed E-state index contributed by atoms with van der Waals surface area (Å²) < 4.78 is 35.2. The molecule has 9 heteroatoms. The molecule has 0 aliphatic carbocycles. The first-order valence-electron chi connectivity index (χ1n) is 4.78. The van der Waals surface area contributed by atoms with Gasteiger partial charge in [0.25, 0.3) is 0 Å². The molecule has 1 saturated heterocycles. The fraction of sp³-hybridized carbons (Fsp3) is 0.875. The molecule has 1 aliphatic rings. The van der Waals surface area contributed by atoms with E-state index < -0.39 is 17.7 Å². The lowest BCUT2D eigenvalue weighted by Crippen LogP contribution is -2.41. The third kappa shape index (κ3) is 6.97. The molecule has 0 aromatic heterocycles. The summed E-state index contributed by atoms with van der Waals surface area (Å²) in [7, 11) is 0. The topological polar surface area (TPSA) is 61.4 Å². The highest BCUT2D eigenvalue weighted by Gasteiger charge is 2.29. The van der Waals surface area contributed by atoms with Gasteiger partial charge >= 0.3 is 5.51 Å². The van der Waals surface area contributed by atoms with Crippen molar-refractivity contribution in [3.8, 4) is 0 Å². The smallest absolute Gasteiger partial charge is 0.392 e. The van der Waals surface area contributed by atoms with E-state index in [1.165, 1.54) is 0 Å². The van der Waals surface area contributed by atoms with E-state index in [2.05, 4.69) is 10.6 Å². The number of aliphatic hydroxyl groups excluding tert-OH is 1. The molecule has 0 saturated carbocycles. The van der Waals surface area contributed by atoms with Crippen LogP contribution in [0, 0.1) is 0 Å². The molecule has 4 nitrogen and oxygen atoms in total. The van der Waals surface area contributed by atoms with Crippen molar-refractivity contribution in [2.75, 3.05) is 18.8 Å². The van der Waals surface area contributed by atoms with Gasteiger partial charge in [-0.3, -0.25) is 4.79 Å². The molecule has 0 bridgehead atoms. The summed E-state index contributed by atoms with van der Waals surface area (Å²) >= 11 is -0.166. The summed E-state index contributed by atoms with van der Waals surface area (Å²) in [5.74, 6) is -0.566. The number of thioether (sulfide) groups is 1. The van der Waals surface area contributed by atoms with Crippen LogP contribution < -0.4 is 10.6 Å². The molecule has 3 N–H and O–H groups in total. The highest BCUT2D eigenvalue weighted by molar-refractivity contribution is 8.00. The predicted molar refractivity (Wildman–Crippen MR) is 61.2 cm³/mol. The number of halogens is 4. The fourth-order valence-corrected chi connectivity index (χ4v) is 1.82. The summed E-state index contributed by atoms with van der Waals surface area (Å²) in [6.07, 6.45) is -0.251. The highest BCUT2D eigenvalue weighted by atomic mass is 35.5.